The summed E-state index contributed by atoms with van der Waals surface area (Å²) in [6.45, 7) is 4.24. The second kappa shape index (κ2) is 7.58. The molecule has 0 bridgehead atoms. The van der Waals surface area contributed by atoms with Crippen LogP contribution in [-0.2, 0) is 6.54 Å². The summed E-state index contributed by atoms with van der Waals surface area (Å²) < 4.78 is 0. The molecule has 2 aromatic heterocycles. The lowest BCUT2D eigenvalue weighted by Crippen LogP contribution is -2.46. The monoisotopic (exact) mass is 374 g/mol. The molecular formula is C20H18N6O2. The Hall–Kier alpha value is -3.57. The number of pyridine rings is 2. The maximum Gasteiger partial charge on any atom is 0.270 e. The van der Waals surface area contributed by atoms with Crippen LogP contribution in [0.1, 0.15) is 11.1 Å². The quantitative estimate of drug-likeness (QED) is 0.511. The Balaban J connectivity index is 1.53. The zero-order valence-electron chi connectivity index (χ0n) is 15.2. The summed E-state index contributed by atoms with van der Waals surface area (Å²) in [6.07, 6.45) is 3.66. The summed E-state index contributed by atoms with van der Waals surface area (Å²) >= 11 is 0. The van der Waals surface area contributed by atoms with Crippen molar-refractivity contribution in [3.05, 3.63) is 70.0 Å². The van der Waals surface area contributed by atoms with Gasteiger partial charge < -0.3 is 4.90 Å². The Morgan fingerprint density at radius 1 is 1.18 bits per heavy atom. The van der Waals surface area contributed by atoms with Crippen molar-refractivity contribution in [2.24, 2.45) is 0 Å². The Bertz CT molecular complexity index is 1060. The lowest BCUT2D eigenvalue weighted by molar-refractivity contribution is -0.384. The van der Waals surface area contributed by atoms with Gasteiger partial charge in [0.1, 0.15) is 5.82 Å². The van der Waals surface area contributed by atoms with Crippen molar-refractivity contribution in [2.75, 3.05) is 31.1 Å². The van der Waals surface area contributed by atoms with E-state index >= 15 is 0 Å². The van der Waals surface area contributed by atoms with Crippen LogP contribution in [0.5, 0.6) is 0 Å². The molecule has 0 atom stereocenters. The van der Waals surface area contributed by atoms with Crippen molar-refractivity contribution in [1.29, 1.82) is 5.26 Å². The van der Waals surface area contributed by atoms with Crippen molar-refractivity contribution in [3.8, 4) is 6.07 Å². The fourth-order valence-corrected chi connectivity index (χ4v) is 3.45. The van der Waals surface area contributed by atoms with E-state index in [2.05, 4.69) is 31.9 Å². The number of rotatable bonds is 4. The summed E-state index contributed by atoms with van der Waals surface area (Å²) in [4.78, 5) is 23.9. The summed E-state index contributed by atoms with van der Waals surface area (Å²) in [5, 5.41) is 21.0. The summed E-state index contributed by atoms with van der Waals surface area (Å²) in [7, 11) is 0. The third kappa shape index (κ3) is 3.61. The second-order valence-electron chi connectivity index (χ2n) is 6.72. The molecule has 0 spiro atoms. The van der Waals surface area contributed by atoms with E-state index in [0.29, 0.717) is 16.5 Å². The molecule has 3 aromatic rings. The molecule has 0 saturated carbocycles. The summed E-state index contributed by atoms with van der Waals surface area (Å²) in [5.41, 5.74) is 2.15. The first kappa shape index (κ1) is 17.8. The van der Waals surface area contributed by atoms with Crippen LogP contribution in [0.3, 0.4) is 0 Å². The lowest BCUT2D eigenvalue weighted by Gasteiger charge is -2.35. The molecule has 140 valence electrons. The molecule has 1 saturated heterocycles. The van der Waals surface area contributed by atoms with Gasteiger partial charge in [0.15, 0.2) is 0 Å². The van der Waals surface area contributed by atoms with Crippen molar-refractivity contribution in [2.45, 2.75) is 6.54 Å². The van der Waals surface area contributed by atoms with E-state index in [1.807, 2.05) is 12.3 Å². The average Bonchev–Trinajstić information content (AvgIpc) is 2.73. The number of nitro groups is 1. The highest BCUT2D eigenvalue weighted by molar-refractivity contribution is 5.88. The zero-order valence-corrected chi connectivity index (χ0v) is 15.2. The van der Waals surface area contributed by atoms with Gasteiger partial charge in [0, 0.05) is 62.6 Å². The number of non-ortho nitro benzene ring substituents is 1. The van der Waals surface area contributed by atoms with Gasteiger partial charge in [-0.1, -0.05) is 6.07 Å². The van der Waals surface area contributed by atoms with Crippen LogP contribution in [0.2, 0.25) is 0 Å². The van der Waals surface area contributed by atoms with Crippen molar-refractivity contribution in [1.82, 2.24) is 14.9 Å². The van der Waals surface area contributed by atoms with Gasteiger partial charge in [0.25, 0.3) is 5.69 Å². The van der Waals surface area contributed by atoms with Crippen LogP contribution < -0.4 is 4.90 Å². The number of fused-ring (bicyclic) bond motifs is 1. The van der Waals surface area contributed by atoms with Crippen molar-refractivity contribution in [3.63, 3.8) is 0 Å². The van der Waals surface area contributed by atoms with Gasteiger partial charge in [-0.2, -0.15) is 5.26 Å². The highest BCUT2D eigenvalue weighted by atomic mass is 16.6. The van der Waals surface area contributed by atoms with E-state index in [0.717, 1.165) is 38.5 Å². The summed E-state index contributed by atoms with van der Waals surface area (Å²) in [5.74, 6) is 0.735. The van der Waals surface area contributed by atoms with Gasteiger partial charge in [-0.25, -0.2) is 4.98 Å². The zero-order chi connectivity index (χ0) is 19.5. The maximum absolute atomic E-state index is 11.0. The SMILES string of the molecule is N#Cc1cc(N2CCN(Cc3cccnc3)CC2)nc2ccc([N+](=O)[O-])cc12. The number of hydrogen-bond acceptors (Lipinski definition) is 7. The van der Waals surface area contributed by atoms with Crippen LogP contribution in [0.15, 0.2) is 48.8 Å². The van der Waals surface area contributed by atoms with Gasteiger partial charge in [0.2, 0.25) is 0 Å². The number of benzene rings is 1. The van der Waals surface area contributed by atoms with Gasteiger partial charge in [0.05, 0.1) is 22.1 Å². The highest BCUT2D eigenvalue weighted by Crippen LogP contribution is 2.27. The Kier molecular flexibility index (Phi) is 4.83. The molecule has 3 heterocycles. The normalized spacial score (nSPS) is 14.8. The maximum atomic E-state index is 11.0. The van der Waals surface area contributed by atoms with Crippen molar-refractivity contribution < 1.29 is 4.92 Å². The molecule has 0 unspecified atom stereocenters. The first-order valence-corrected chi connectivity index (χ1v) is 8.99. The van der Waals surface area contributed by atoms with E-state index in [1.165, 1.54) is 17.7 Å². The predicted octanol–water partition coefficient (Wildman–Crippen LogP) is 2.73. The number of piperazine rings is 1. The minimum Gasteiger partial charge on any atom is -0.354 e. The molecule has 0 amide bonds. The number of anilines is 1. The van der Waals surface area contributed by atoms with Crippen LogP contribution in [-0.4, -0.2) is 46.0 Å². The van der Waals surface area contributed by atoms with E-state index in [9.17, 15) is 15.4 Å². The first-order chi connectivity index (χ1) is 13.6. The molecule has 28 heavy (non-hydrogen) atoms. The van der Waals surface area contributed by atoms with E-state index in [4.69, 9.17) is 0 Å². The van der Waals surface area contributed by atoms with E-state index in [1.54, 1.807) is 18.3 Å². The molecule has 1 fully saturated rings. The topological polar surface area (TPSA) is 99.2 Å². The smallest absolute Gasteiger partial charge is 0.270 e. The van der Waals surface area contributed by atoms with Crippen LogP contribution in [0.25, 0.3) is 10.9 Å². The van der Waals surface area contributed by atoms with Gasteiger partial charge in [-0.05, 0) is 23.8 Å². The predicted molar refractivity (Wildman–Crippen MR) is 105 cm³/mol. The van der Waals surface area contributed by atoms with E-state index < -0.39 is 4.92 Å². The van der Waals surface area contributed by atoms with Crippen LogP contribution in [0, 0.1) is 21.4 Å². The molecule has 1 aliphatic heterocycles. The largest absolute Gasteiger partial charge is 0.354 e. The minimum absolute atomic E-state index is 0.0393. The van der Waals surface area contributed by atoms with E-state index in [-0.39, 0.29) is 5.69 Å². The summed E-state index contributed by atoms with van der Waals surface area (Å²) in [6, 6.07) is 12.3. The fourth-order valence-electron chi connectivity index (χ4n) is 3.45. The standard InChI is InChI=1S/C20H18N6O2/c21-12-16-10-20(23-19-4-3-17(26(27)28)11-18(16)19)25-8-6-24(7-9-25)14-15-2-1-5-22-13-15/h1-5,10-11,13H,6-9,14H2. The fraction of sp³-hybridized carbons (Fsp3) is 0.250. The Morgan fingerprint density at radius 2 is 2.00 bits per heavy atom. The van der Waals surface area contributed by atoms with Gasteiger partial charge >= 0.3 is 0 Å². The molecule has 0 aliphatic carbocycles. The third-order valence-corrected chi connectivity index (χ3v) is 4.94. The molecule has 1 aromatic carbocycles. The third-order valence-electron chi connectivity index (χ3n) is 4.94. The number of hydrogen-bond donors (Lipinski definition) is 0. The Morgan fingerprint density at radius 3 is 2.68 bits per heavy atom. The number of nitriles is 1. The van der Waals surface area contributed by atoms with Gasteiger partial charge in [-0.15, -0.1) is 0 Å². The first-order valence-electron chi connectivity index (χ1n) is 8.99. The molecule has 0 radical (unpaired) electrons. The molecule has 8 heteroatoms. The molecular weight excluding hydrogens is 356 g/mol. The van der Waals surface area contributed by atoms with Crippen LogP contribution in [0.4, 0.5) is 11.5 Å². The van der Waals surface area contributed by atoms with Crippen LogP contribution >= 0.6 is 0 Å². The average molecular weight is 374 g/mol. The molecule has 4 rings (SSSR count). The lowest BCUT2D eigenvalue weighted by atomic mass is 10.1. The Labute approximate surface area is 161 Å². The number of nitro benzene ring substituents is 1. The molecule has 1 aliphatic rings. The highest BCUT2D eigenvalue weighted by Gasteiger charge is 2.20. The van der Waals surface area contributed by atoms with Crippen molar-refractivity contribution >= 4 is 22.4 Å². The number of aromatic nitrogens is 2. The molecule has 0 N–H and O–H groups in total. The second-order valence-corrected chi connectivity index (χ2v) is 6.72. The number of nitrogens with zero attached hydrogens (tertiary/aromatic N) is 6. The minimum atomic E-state index is -0.462. The molecule has 8 nitrogen and oxygen atoms in total. The van der Waals surface area contributed by atoms with Gasteiger partial charge in [-0.3, -0.25) is 20.0 Å².